The largest absolute Gasteiger partial charge is 0.452 e. The molecule has 7 heteroatoms. The summed E-state index contributed by atoms with van der Waals surface area (Å²) < 4.78 is 45.6. The van der Waals surface area contributed by atoms with E-state index in [2.05, 4.69) is 31.9 Å². The lowest BCUT2D eigenvalue weighted by atomic mass is 10.2. The minimum atomic E-state index is -1.18. The second-order valence-electron chi connectivity index (χ2n) is 3.61. The predicted molar refractivity (Wildman–Crippen MR) is 72.6 cm³/mol. The highest BCUT2D eigenvalue weighted by Crippen LogP contribution is 2.34. The van der Waals surface area contributed by atoms with E-state index in [0.717, 1.165) is 12.1 Å². The molecule has 0 aliphatic rings. The quantitative estimate of drug-likeness (QED) is 0.572. The summed E-state index contributed by atoms with van der Waals surface area (Å²) in [5, 5.41) is 0. The van der Waals surface area contributed by atoms with E-state index in [0.29, 0.717) is 0 Å². The van der Waals surface area contributed by atoms with Gasteiger partial charge in [0.25, 0.3) is 0 Å². The number of halogens is 5. The molecule has 0 atom stereocenters. The lowest BCUT2D eigenvalue weighted by molar-refractivity contribution is 0.414. The van der Waals surface area contributed by atoms with Crippen molar-refractivity contribution in [3.63, 3.8) is 0 Å². The number of hydrogen-bond acceptors (Lipinski definition) is 2. The van der Waals surface area contributed by atoms with Crippen LogP contribution in [0.5, 0.6) is 11.5 Å². The summed E-state index contributed by atoms with van der Waals surface area (Å²) >= 11 is 5.96. The molecule has 2 aromatic rings. The van der Waals surface area contributed by atoms with Gasteiger partial charge in [0.15, 0.2) is 17.3 Å². The van der Waals surface area contributed by atoms with E-state index in [1.165, 1.54) is 12.1 Å². The molecule has 19 heavy (non-hydrogen) atoms. The van der Waals surface area contributed by atoms with Crippen molar-refractivity contribution < 1.29 is 17.9 Å². The summed E-state index contributed by atoms with van der Waals surface area (Å²) in [6, 6.07) is 4.43. The molecule has 0 amide bonds. The standard InChI is InChI=1S/C12H6Br2F3NO/c13-5-1-8(16)12(17)11(2-5)19-10-4-7(15)6(14)3-9(10)18/h1-4H,18H2. The first-order valence-corrected chi connectivity index (χ1v) is 6.54. The molecule has 2 nitrogen and oxygen atoms in total. The monoisotopic (exact) mass is 395 g/mol. The number of benzene rings is 2. The lowest BCUT2D eigenvalue weighted by Crippen LogP contribution is -1.97. The van der Waals surface area contributed by atoms with Crippen LogP contribution in [-0.4, -0.2) is 0 Å². The number of rotatable bonds is 2. The van der Waals surface area contributed by atoms with Crippen LogP contribution in [0.15, 0.2) is 33.2 Å². The Balaban J connectivity index is 2.44. The van der Waals surface area contributed by atoms with Crippen LogP contribution < -0.4 is 10.5 Å². The average molecular weight is 397 g/mol. The van der Waals surface area contributed by atoms with Gasteiger partial charge in [0.05, 0.1) is 10.2 Å². The third-order valence-corrected chi connectivity index (χ3v) is 3.30. The van der Waals surface area contributed by atoms with Crippen LogP contribution >= 0.6 is 31.9 Å². The molecule has 0 heterocycles. The number of nitrogen functional groups attached to an aromatic ring is 1. The van der Waals surface area contributed by atoms with Gasteiger partial charge in [-0.2, -0.15) is 4.39 Å². The zero-order chi connectivity index (χ0) is 14.2. The van der Waals surface area contributed by atoms with Crippen molar-refractivity contribution in [1.29, 1.82) is 0 Å². The molecule has 0 radical (unpaired) electrons. The van der Waals surface area contributed by atoms with Gasteiger partial charge in [0.1, 0.15) is 5.82 Å². The highest BCUT2D eigenvalue weighted by atomic mass is 79.9. The minimum Gasteiger partial charge on any atom is -0.452 e. The SMILES string of the molecule is Nc1cc(Br)c(F)cc1Oc1cc(Br)cc(F)c1F. The third kappa shape index (κ3) is 3.03. The molecule has 2 aromatic carbocycles. The molecule has 0 saturated heterocycles. The Morgan fingerprint density at radius 2 is 1.58 bits per heavy atom. The number of hydrogen-bond donors (Lipinski definition) is 1. The first-order chi connectivity index (χ1) is 8.88. The summed E-state index contributed by atoms with van der Waals surface area (Å²) in [6.07, 6.45) is 0. The zero-order valence-corrected chi connectivity index (χ0v) is 12.4. The topological polar surface area (TPSA) is 35.2 Å². The first kappa shape index (κ1) is 14.2. The smallest absolute Gasteiger partial charge is 0.201 e. The van der Waals surface area contributed by atoms with Gasteiger partial charge in [-0.3, -0.25) is 0 Å². The fourth-order valence-electron chi connectivity index (χ4n) is 1.36. The van der Waals surface area contributed by atoms with E-state index in [9.17, 15) is 13.2 Å². The zero-order valence-electron chi connectivity index (χ0n) is 9.18. The van der Waals surface area contributed by atoms with Gasteiger partial charge < -0.3 is 10.5 Å². The van der Waals surface area contributed by atoms with Crippen LogP contribution in [0.25, 0.3) is 0 Å². The fourth-order valence-corrected chi connectivity index (χ4v) is 2.13. The van der Waals surface area contributed by atoms with Crippen LogP contribution in [0, 0.1) is 17.5 Å². The first-order valence-electron chi connectivity index (χ1n) is 4.95. The van der Waals surface area contributed by atoms with Crippen molar-refractivity contribution in [2.24, 2.45) is 0 Å². The van der Waals surface area contributed by atoms with E-state index >= 15 is 0 Å². The van der Waals surface area contributed by atoms with Crippen molar-refractivity contribution in [2.45, 2.75) is 0 Å². The molecule has 0 bridgehead atoms. The average Bonchev–Trinajstić information content (AvgIpc) is 2.32. The highest BCUT2D eigenvalue weighted by Gasteiger charge is 2.15. The third-order valence-electron chi connectivity index (χ3n) is 2.23. The maximum Gasteiger partial charge on any atom is 0.201 e. The van der Waals surface area contributed by atoms with E-state index in [4.69, 9.17) is 10.5 Å². The Morgan fingerprint density at radius 3 is 2.26 bits per heavy atom. The number of nitrogens with two attached hydrogens (primary N) is 1. The maximum absolute atomic E-state index is 13.5. The number of anilines is 1. The molecule has 2 rings (SSSR count). The van der Waals surface area contributed by atoms with Crippen LogP contribution in [-0.2, 0) is 0 Å². The van der Waals surface area contributed by atoms with Gasteiger partial charge in [0, 0.05) is 10.5 Å². The lowest BCUT2D eigenvalue weighted by Gasteiger charge is -2.11. The van der Waals surface area contributed by atoms with E-state index in [1.54, 1.807) is 0 Å². The maximum atomic E-state index is 13.5. The second kappa shape index (κ2) is 5.42. The molecular formula is C12H6Br2F3NO. The molecule has 0 aliphatic carbocycles. The molecule has 0 aromatic heterocycles. The molecule has 0 aliphatic heterocycles. The van der Waals surface area contributed by atoms with E-state index < -0.39 is 17.5 Å². The molecule has 0 fully saturated rings. The molecule has 2 N–H and O–H groups in total. The Morgan fingerprint density at radius 1 is 0.895 bits per heavy atom. The Kier molecular flexibility index (Phi) is 4.05. The highest BCUT2D eigenvalue weighted by molar-refractivity contribution is 9.10. The van der Waals surface area contributed by atoms with Crippen molar-refractivity contribution in [2.75, 3.05) is 5.73 Å². The summed E-state index contributed by atoms with van der Waals surface area (Å²) in [5.41, 5.74) is 5.71. The van der Waals surface area contributed by atoms with Gasteiger partial charge in [-0.1, -0.05) is 15.9 Å². The van der Waals surface area contributed by atoms with Crippen molar-refractivity contribution in [1.82, 2.24) is 0 Å². The fraction of sp³-hybridized carbons (Fsp3) is 0. The van der Waals surface area contributed by atoms with Gasteiger partial charge in [-0.15, -0.1) is 0 Å². The normalized spacial score (nSPS) is 10.6. The van der Waals surface area contributed by atoms with Crippen molar-refractivity contribution >= 4 is 37.5 Å². The molecule has 0 saturated carbocycles. The summed E-state index contributed by atoms with van der Waals surface area (Å²) in [4.78, 5) is 0. The minimum absolute atomic E-state index is 0.0908. The second-order valence-corrected chi connectivity index (χ2v) is 5.38. The Bertz CT molecular complexity index is 649. The Hall–Kier alpha value is -1.21. The van der Waals surface area contributed by atoms with Crippen molar-refractivity contribution in [3.05, 3.63) is 50.7 Å². The van der Waals surface area contributed by atoms with Crippen LogP contribution in [0.1, 0.15) is 0 Å². The van der Waals surface area contributed by atoms with Gasteiger partial charge >= 0.3 is 0 Å². The van der Waals surface area contributed by atoms with Gasteiger partial charge in [-0.05, 0) is 34.1 Å². The van der Waals surface area contributed by atoms with E-state index in [1.807, 2.05) is 0 Å². The molecule has 0 unspecified atom stereocenters. The molecular weight excluding hydrogens is 391 g/mol. The number of ether oxygens (including phenoxy) is 1. The van der Waals surface area contributed by atoms with Crippen molar-refractivity contribution in [3.8, 4) is 11.5 Å². The Labute approximate surface area is 123 Å². The van der Waals surface area contributed by atoms with Crippen LogP contribution in [0.2, 0.25) is 0 Å². The van der Waals surface area contributed by atoms with Gasteiger partial charge in [-0.25, -0.2) is 8.78 Å². The summed E-state index contributed by atoms with van der Waals surface area (Å²) in [6.45, 7) is 0. The predicted octanol–water partition coefficient (Wildman–Crippen LogP) is 5.00. The van der Waals surface area contributed by atoms with Gasteiger partial charge in [0.2, 0.25) is 5.82 Å². The summed E-state index contributed by atoms with van der Waals surface area (Å²) in [7, 11) is 0. The molecule has 0 spiro atoms. The van der Waals surface area contributed by atoms with Crippen LogP contribution in [0.4, 0.5) is 18.9 Å². The summed E-state index contributed by atoms with van der Waals surface area (Å²) in [5.74, 6) is -3.37. The van der Waals surface area contributed by atoms with E-state index in [-0.39, 0.29) is 26.1 Å². The molecule has 100 valence electrons. The van der Waals surface area contributed by atoms with Crippen LogP contribution in [0.3, 0.4) is 0 Å².